The Hall–Kier alpha value is -2.94. The van der Waals surface area contributed by atoms with Crippen LogP contribution in [0.5, 0.6) is 11.5 Å². The van der Waals surface area contributed by atoms with Gasteiger partial charge < -0.3 is 14.8 Å². The highest BCUT2D eigenvalue weighted by Crippen LogP contribution is 2.29. The molecule has 1 amide bonds. The Morgan fingerprint density at radius 1 is 1.22 bits per heavy atom. The van der Waals surface area contributed by atoms with Crippen LogP contribution in [0, 0.1) is 11.3 Å². The summed E-state index contributed by atoms with van der Waals surface area (Å²) in [5.74, 6) is 0.447. The maximum absolute atomic E-state index is 12.4. The molecule has 138 valence electrons. The molecular formula is C20H16Cl2N2O3. The van der Waals surface area contributed by atoms with E-state index in [2.05, 4.69) is 11.9 Å². The number of amides is 1. The Bertz CT molecular complexity index is 933. The Morgan fingerprint density at radius 2 is 2.00 bits per heavy atom. The number of carbonyl (C=O) groups excluding carboxylic acids is 1. The third-order valence-electron chi connectivity index (χ3n) is 3.40. The minimum atomic E-state index is -0.568. The smallest absolute Gasteiger partial charge is 0.266 e. The van der Waals surface area contributed by atoms with Crippen LogP contribution in [0.4, 0.5) is 5.69 Å². The van der Waals surface area contributed by atoms with Gasteiger partial charge in [-0.3, -0.25) is 4.79 Å². The average molecular weight is 403 g/mol. The molecule has 1 N–H and O–H groups in total. The summed E-state index contributed by atoms with van der Waals surface area (Å²) in [6.07, 6.45) is 3.07. The van der Waals surface area contributed by atoms with E-state index in [1.165, 1.54) is 19.3 Å². The second kappa shape index (κ2) is 9.67. The Labute approximate surface area is 167 Å². The van der Waals surface area contributed by atoms with E-state index in [0.717, 1.165) is 0 Å². The van der Waals surface area contributed by atoms with Gasteiger partial charge in [-0.25, -0.2) is 0 Å². The van der Waals surface area contributed by atoms with E-state index in [9.17, 15) is 10.1 Å². The molecule has 0 unspecified atom stereocenters. The van der Waals surface area contributed by atoms with Crippen LogP contribution in [0.1, 0.15) is 5.56 Å². The number of rotatable bonds is 7. The zero-order chi connectivity index (χ0) is 19.8. The van der Waals surface area contributed by atoms with Gasteiger partial charge in [0.1, 0.15) is 18.2 Å². The van der Waals surface area contributed by atoms with Gasteiger partial charge in [0, 0.05) is 5.69 Å². The summed E-state index contributed by atoms with van der Waals surface area (Å²) in [7, 11) is 1.51. The van der Waals surface area contributed by atoms with Crippen LogP contribution in [0.25, 0.3) is 6.08 Å². The molecule has 7 heteroatoms. The first-order valence-corrected chi connectivity index (χ1v) is 8.54. The van der Waals surface area contributed by atoms with E-state index in [1.807, 2.05) is 6.07 Å². The van der Waals surface area contributed by atoms with Crippen molar-refractivity contribution in [2.45, 2.75) is 0 Å². The molecule has 0 fully saturated rings. The van der Waals surface area contributed by atoms with Crippen molar-refractivity contribution < 1.29 is 14.3 Å². The fraction of sp³-hybridized carbons (Fsp3) is 0.100. The molecule has 0 aliphatic heterocycles. The highest BCUT2D eigenvalue weighted by atomic mass is 35.5. The van der Waals surface area contributed by atoms with Crippen LogP contribution in [0.2, 0.25) is 10.0 Å². The SMILES string of the molecule is C=CCOc1ccc(/C=C(\C#N)C(=O)Nc2ccc(Cl)c(Cl)c2)cc1OC. The first kappa shape index (κ1) is 20.4. The van der Waals surface area contributed by atoms with Crippen molar-refractivity contribution in [1.82, 2.24) is 0 Å². The van der Waals surface area contributed by atoms with Gasteiger partial charge in [0.05, 0.1) is 17.2 Å². The summed E-state index contributed by atoms with van der Waals surface area (Å²) < 4.78 is 10.8. The molecule has 0 aromatic heterocycles. The number of ether oxygens (including phenoxy) is 2. The minimum Gasteiger partial charge on any atom is -0.493 e. The molecule has 0 aliphatic rings. The van der Waals surface area contributed by atoms with Gasteiger partial charge in [0.25, 0.3) is 5.91 Å². The van der Waals surface area contributed by atoms with E-state index in [-0.39, 0.29) is 5.57 Å². The van der Waals surface area contributed by atoms with E-state index in [4.69, 9.17) is 32.7 Å². The minimum absolute atomic E-state index is 0.0807. The molecule has 5 nitrogen and oxygen atoms in total. The van der Waals surface area contributed by atoms with Crippen molar-refractivity contribution in [3.63, 3.8) is 0 Å². The van der Waals surface area contributed by atoms with Gasteiger partial charge in [-0.1, -0.05) is 41.9 Å². The first-order chi connectivity index (χ1) is 13.0. The van der Waals surface area contributed by atoms with E-state index in [0.29, 0.717) is 39.4 Å². The molecule has 0 atom stereocenters. The zero-order valence-corrected chi connectivity index (χ0v) is 16.0. The lowest BCUT2D eigenvalue weighted by Crippen LogP contribution is -2.13. The predicted molar refractivity (Wildman–Crippen MR) is 107 cm³/mol. The summed E-state index contributed by atoms with van der Waals surface area (Å²) in [5, 5.41) is 12.6. The molecule has 0 saturated carbocycles. The molecule has 27 heavy (non-hydrogen) atoms. The lowest BCUT2D eigenvalue weighted by atomic mass is 10.1. The molecule has 2 aromatic rings. The number of halogens is 2. The van der Waals surface area contributed by atoms with Gasteiger partial charge in [-0.2, -0.15) is 5.26 Å². The molecule has 0 radical (unpaired) electrons. The number of nitrogens with zero attached hydrogens (tertiary/aromatic N) is 1. The molecule has 0 heterocycles. The van der Waals surface area contributed by atoms with Crippen molar-refractivity contribution in [1.29, 1.82) is 5.26 Å². The summed E-state index contributed by atoms with van der Waals surface area (Å²) in [6.45, 7) is 3.93. The second-order valence-electron chi connectivity index (χ2n) is 5.26. The van der Waals surface area contributed by atoms with Gasteiger partial charge in [-0.05, 0) is 42.0 Å². The Kier molecular flexibility index (Phi) is 7.30. The first-order valence-electron chi connectivity index (χ1n) is 7.78. The molecule has 2 rings (SSSR count). The van der Waals surface area contributed by atoms with Crippen molar-refractivity contribution in [3.8, 4) is 17.6 Å². The quantitative estimate of drug-likeness (QED) is 0.396. The van der Waals surface area contributed by atoms with E-state index < -0.39 is 5.91 Å². The number of nitrogens with one attached hydrogen (secondary N) is 1. The Morgan fingerprint density at radius 3 is 2.63 bits per heavy atom. The fourth-order valence-electron chi connectivity index (χ4n) is 2.13. The number of carbonyl (C=O) groups is 1. The number of anilines is 1. The van der Waals surface area contributed by atoms with Crippen molar-refractivity contribution in [2.24, 2.45) is 0 Å². The van der Waals surface area contributed by atoms with Crippen LogP contribution < -0.4 is 14.8 Å². The molecule has 0 saturated heterocycles. The lowest BCUT2D eigenvalue weighted by molar-refractivity contribution is -0.112. The summed E-state index contributed by atoms with van der Waals surface area (Å²) in [5.41, 5.74) is 0.961. The summed E-state index contributed by atoms with van der Waals surface area (Å²) in [6, 6.07) is 11.6. The second-order valence-corrected chi connectivity index (χ2v) is 6.08. The Balaban J connectivity index is 2.23. The van der Waals surface area contributed by atoms with Crippen LogP contribution in [-0.2, 0) is 4.79 Å². The lowest BCUT2D eigenvalue weighted by Gasteiger charge is -2.10. The average Bonchev–Trinajstić information content (AvgIpc) is 2.67. The van der Waals surface area contributed by atoms with Gasteiger partial charge in [0.2, 0.25) is 0 Å². The fourth-order valence-corrected chi connectivity index (χ4v) is 2.43. The van der Waals surface area contributed by atoms with Crippen molar-refractivity contribution >= 4 is 40.9 Å². The highest BCUT2D eigenvalue weighted by Gasteiger charge is 2.12. The van der Waals surface area contributed by atoms with Gasteiger partial charge in [-0.15, -0.1) is 0 Å². The molecule has 0 spiro atoms. The normalized spacial score (nSPS) is 10.7. The van der Waals surface area contributed by atoms with Gasteiger partial charge >= 0.3 is 0 Å². The maximum atomic E-state index is 12.4. The number of benzene rings is 2. The number of hydrogen-bond acceptors (Lipinski definition) is 4. The van der Waals surface area contributed by atoms with E-state index in [1.54, 1.807) is 36.4 Å². The summed E-state index contributed by atoms with van der Waals surface area (Å²) in [4.78, 5) is 12.4. The predicted octanol–water partition coefficient (Wildman–Crippen LogP) is 5.11. The number of nitriles is 1. The van der Waals surface area contributed by atoms with Crippen LogP contribution in [0.15, 0.2) is 54.6 Å². The monoisotopic (exact) mass is 402 g/mol. The zero-order valence-electron chi connectivity index (χ0n) is 14.5. The van der Waals surface area contributed by atoms with Crippen LogP contribution >= 0.6 is 23.2 Å². The maximum Gasteiger partial charge on any atom is 0.266 e. The highest BCUT2D eigenvalue weighted by molar-refractivity contribution is 6.42. The largest absolute Gasteiger partial charge is 0.493 e. The molecule has 0 aliphatic carbocycles. The third kappa shape index (κ3) is 5.52. The van der Waals surface area contributed by atoms with Gasteiger partial charge in [0.15, 0.2) is 11.5 Å². The molecule has 2 aromatic carbocycles. The summed E-state index contributed by atoms with van der Waals surface area (Å²) >= 11 is 11.8. The van der Waals surface area contributed by atoms with Crippen LogP contribution in [-0.4, -0.2) is 19.6 Å². The van der Waals surface area contributed by atoms with Crippen molar-refractivity contribution in [2.75, 3.05) is 19.0 Å². The third-order valence-corrected chi connectivity index (χ3v) is 4.14. The number of hydrogen-bond donors (Lipinski definition) is 1. The molecular weight excluding hydrogens is 387 g/mol. The van der Waals surface area contributed by atoms with Crippen molar-refractivity contribution in [3.05, 3.63) is 70.2 Å². The van der Waals surface area contributed by atoms with E-state index >= 15 is 0 Å². The molecule has 0 bridgehead atoms. The van der Waals surface area contributed by atoms with Crippen LogP contribution in [0.3, 0.4) is 0 Å². The topological polar surface area (TPSA) is 71.3 Å². The standard InChI is InChI=1S/C20H16Cl2N2O3/c1-3-8-27-18-7-4-13(10-19(18)26-2)9-14(12-23)20(25)24-15-5-6-16(21)17(22)11-15/h3-7,9-11H,1,8H2,2H3,(H,24,25)/b14-9+. The number of methoxy groups -OCH3 is 1.